The van der Waals surface area contributed by atoms with Gasteiger partial charge >= 0.3 is 5.97 Å². The zero-order valence-corrected chi connectivity index (χ0v) is 20.2. The van der Waals surface area contributed by atoms with Crippen LogP contribution >= 0.6 is 0 Å². The van der Waals surface area contributed by atoms with Crippen LogP contribution in [0.1, 0.15) is 35.7 Å². The van der Waals surface area contributed by atoms with Crippen molar-refractivity contribution in [2.75, 3.05) is 27.3 Å². The summed E-state index contributed by atoms with van der Waals surface area (Å²) in [5.41, 5.74) is 2.96. The van der Waals surface area contributed by atoms with Crippen molar-refractivity contribution in [2.24, 2.45) is 5.92 Å². The van der Waals surface area contributed by atoms with Gasteiger partial charge in [-0.15, -0.1) is 0 Å². The number of carbonyl (C=O) groups is 1. The second-order valence-corrected chi connectivity index (χ2v) is 8.74. The average Bonchev–Trinajstić information content (AvgIpc) is 2.91. The number of carboxylic acid groups (broad SMARTS) is 1. The Labute approximate surface area is 206 Å². The lowest BCUT2D eigenvalue weighted by Gasteiger charge is -2.37. The number of carboxylic acids is 1. The van der Waals surface area contributed by atoms with Gasteiger partial charge in [-0.05, 0) is 54.8 Å². The summed E-state index contributed by atoms with van der Waals surface area (Å²) >= 11 is 0. The molecule has 35 heavy (non-hydrogen) atoms. The van der Waals surface area contributed by atoms with Gasteiger partial charge in [0.05, 0.1) is 20.1 Å². The maximum Gasteiger partial charge on any atom is 0.307 e. The van der Waals surface area contributed by atoms with Crippen molar-refractivity contribution in [2.45, 2.75) is 31.9 Å². The molecule has 1 fully saturated rings. The molecule has 2 aromatic carbocycles. The minimum atomic E-state index is -0.744. The standard InChI is InChI=1S/C28H32N2O5/c1-33-25-15-22(16-26(34-2)27(25)35-19-20-9-4-3-5-10-20)24(17-23-12-6-7-13-29-23)30-14-8-11-21(18-30)28(31)32/h3-7,9-10,12-13,15-16,21,24H,8,11,14,17-19H2,1-2H3,(H,31,32). The van der Waals surface area contributed by atoms with Gasteiger partial charge in [-0.25, -0.2) is 0 Å². The Hall–Kier alpha value is -3.58. The van der Waals surface area contributed by atoms with Crippen LogP contribution in [-0.4, -0.2) is 48.3 Å². The molecule has 0 saturated carbocycles. The van der Waals surface area contributed by atoms with Crippen molar-refractivity contribution in [3.63, 3.8) is 0 Å². The summed E-state index contributed by atoms with van der Waals surface area (Å²) in [6.07, 6.45) is 3.96. The Kier molecular flexibility index (Phi) is 8.21. The Morgan fingerprint density at radius 2 is 1.80 bits per heavy atom. The summed E-state index contributed by atoms with van der Waals surface area (Å²) in [7, 11) is 3.23. The molecule has 2 heterocycles. The van der Waals surface area contributed by atoms with E-state index in [0.717, 1.165) is 29.8 Å². The normalized spacial score (nSPS) is 16.9. The van der Waals surface area contributed by atoms with Gasteiger partial charge in [-0.1, -0.05) is 36.4 Å². The highest BCUT2D eigenvalue weighted by molar-refractivity contribution is 5.70. The van der Waals surface area contributed by atoms with Gasteiger partial charge in [0.25, 0.3) is 0 Å². The van der Waals surface area contributed by atoms with Gasteiger partial charge in [0.1, 0.15) is 6.61 Å². The van der Waals surface area contributed by atoms with Crippen LogP contribution in [0.4, 0.5) is 0 Å². The third-order valence-electron chi connectivity index (χ3n) is 6.47. The number of aromatic nitrogens is 1. The minimum Gasteiger partial charge on any atom is -0.493 e. The van der Waals surface area contributed by atoms with E-state index in [1.54, 1.807) is 20.4 Å². The van der Waals surface area contributed by atoms with Crippen molar-refractivity contribution in [3.8, 4) is 17.2 Å². The topological polar surface area (TPSA) is 81.1 Å². The molecular formula is C28H32N2O5. The van der Waals surface area contributed by atoms with Crippen molar-refractivity contribution in [1.29, 1.82) is 0 Å². The Morgan fingerprint density at radius 3 is 2.43 bits per heavy atom. The van der Waals surface area contributed by atoms with Crippen LogP contribution in [0, 0.1) is 5.92 Å². The predicted octanol–water partition coefficient (Wildman–Crippen LogP) is 4.76. The molecule has 4 rings (SSSR count). The van der Waals surface area contributed by atoms with Gasteiger partial charge in [0.2, 0.25) is 5.75 Å². The van der Waals surface area contributed by atoms with Gasteiger partial charge < -0.3 is 19.3 Å². The fraction of sp³-hybridized carbons (Fsp3) is 0.357. The lowest BCUT2D eigenvalue weighted by molar-refractivity contribution is -0.144. The molecule has 1 aliphatic rings. The van der Waals surface area contributed by atoms with Crippen LogP contribution in [0.25, 0.3) is 0 Å². The Morgan fingerprint density at radius 1 is 1.09 bits per heavy atom. The zero-order valence-electron chi connectivity index (χ0n) is 20.2. The number of nitrogens with zero attached hydrogens (tertiary/aromatic N) is 2. The summed E-state index contributed by atoms with van der Waals surface area (Å²) in [5, 5.41) is 9.66. The summed E-state index contributed by atoms with van der Waals surface area (Å²) in [5.74, 6) is 0.570. The highest BCUT2D eigenvalue weighted by atomic mass is 16.5. The first-order valence-corrected chi connectivity index (χ1v) is 11.9. The number of rotatable bonds is 10. The SMILES string of the molecule is COc1cc(C(Cc2ccccn2)N2CCCC(C(=O)O)C2)cc(OC)c1OCc1ccccc1. The fourth-order valence-electron chi connectivity index (χ4n) is 4.63. The first-order valence-electron chi connectivity index (χ1n) is 11.9. The molecule has 3 aromatic rings. The molecular weight excluding hydrogens is 444 g/mol. The molecule has 1 aromatic heterocycles. The van der Waals surface area contributed by atoms with E-state index in [-0.39, 0.29) is 12.0 Å². The fourth-order valence-corrected chi connectivity index (χ4v) is 4.63. The first kappa shape index (κ1) is 24.5. The molecule has 0 amide bonds. The molecule has 0 radical (unpaired) electrons. The average molecular weight is 477 g/mol. The molecule has 2 unspecified atom stereocenters. The summed E-state index contributed by atoms with van der Waals surface area (Å²) < 4.78 is 17.6. The van der Waals surface area contributed by atoms with Crippen LogP contribution in [0.5, 0.6) is 17.2 Å². The predicted molar refractivity (Wildman–Crippen MR) is 133 cm³/mol. The van der Waals surface area contributed by atoms with Crippen molar-refractivity contribution in [1.82, 2.24) is 9.88 Å². The number of aliphatic carboxylic acids is 1. The number of hydrogen-bond donors (Lipinski definition) is 1. The van der Waals surface area contributed by atoms with Crippen LogP contribution in [0.2, 0.25) is 0 Å². The number of pyridine rings is 1. The number of ether oxygens (including phenoxy) is 3. The van der Waals surface area contributed by atoms with Gasteiger partial charge in [-0.2, -0.15) is 0 Å². The van der Waals surface area contributed by atoms with Crippen LogP contribution in [0.15, 0.2) is 66.9 Å². The number of methoxy groups -OCH3 is 2. The highest BCUT2D eigenvalue weighted by Gasteiger charge is 2.32. The molecule has 1 saturated heterocycles. The summed E-state index contributed by atoms with van der Waals surface area (Å²) in [6.45, 7) is 1.69. The van der Waals surface area contributed by atoms with Crippen LogP contribution in [0.3, 0.4) is 0 Å². The molecule has 0 aliphatic carbocycles. The number of piperidine rings is 1. The molecule has 7 heteroatoms. The van der Waals surface area contributed by atoms with Crippen LogP contribution < -0.4 is 14.2 Å². The molecule has 184 valence electrons. The lowest BCUT2D eigenvalue weighted by atomic mass is 9.92. The van der Waals surface area contributed by atoms with Gasteiger partial charge in [-0.3, -0.25) is 14.7 Å². The summed E-state index contributed by atoms with van der Waals surface area (Å²) in [4.78, 5) is 18.5. The smallest absolute Gasteiger partial charge is 0.307 e. The van der Waals surface area contributed by atoms with E-state index in [0.29, 0.717) is 43.2 Å². The van der Waals surface area contributed by atoms with Crippen molar-refractivity contribution in [3.05, 3.63) is 83.7 Å². The van der Waals surface area contributed by atoms with Gasteiger partial charge in [0.15, 0.2) is 11.5 Å². The molecule has 1 aliphatic heterocycles. The maximum absolute atomic E-state index is 11.8. The Bertz CT molecular complexity index is 1080. The van der Waals surface area contributed by atoms with E-state index in [4.69, 9.17) is 14.2 Å². The molecule has 1 N–H and O–H groups in total. The second kappa shape index (κ2) is 11.7. The van der Waals surface area contributed by atoms with Crippen LogP contribution in [-0.2, 0) is 17.8 Å². The number of benzene rings is 2. The summed E-state index contributed by atoms with van der Waals surface area (Å²) in [6, 6.07) is 19.6. The van der Waals surface area contributed by atoms with E-state index < -0.39 is 5.97 Å². The van der Waals surface area contributed by atoms with Crippen molar-refractivity contribution < 1.29 is 24.1 Å². The van der Waals surface area contributed by atoms with E-state index in [9.17, 15) is 9.90 Å². The van der Waals surface area contributed by atoms with E-state index in [2.05, 4.69) is 9.88 Å². The quantitative estimate of drug-likeness (QED) is 0.452. The van der Waals surface area contributed by atoms with E-state index in [1.807, 2.05) is 60.7 Å². The van der Waals surface area contributed by atoms with E-state index >= 15 is 0 Å². The molecule has 7 nitrogen and oxygen atoms in total. The number of likely N-dealkylation sites (tertiary alicyclic amines) is 1. The second-order valence-electron chi connectivity index (χ2n) is 8.74. The minimum absolute atomic E-state index is 0.0852. The maximum atomic E-state index is 11.8. The van der Waals surface area contributed by atoms with Crippen molar-refractivity contribution >= 4 is 5.97 Å². The van der Waals surface area contributed by atoms with Gasteiger partial charge in [0, 0.05) is 30.9 Å². The lowest BCUT2D eigenvalue weighted by Crippen LogP contribution is -2.41. The third kappa shape index (κ3) is 6.11. The third-order valence-corrected chi connectivity index (χ3v) is 6.47. The Balaban J connectivity index is 1.68. The largest absolute Gasteiger partial charge is 0.493 e. The highest BCUT2D eigenvalue weighted by Crippen LogP contribution is 2.42. The monoisotopic (exact) mass is 476 g/mol. The zero-order chi connectivity index (χ0) is 24.6. The van der Waals surface area contributed by atoms with E-state index in [1.165, 1.54) is 0 Å². The first-order chi connectivity index (χ1) is 17.1. The molecule has 2 atom stereocenters. The number of hydrogen-bond acceptors (Lipinski definition) is 6. The molecule has 0 bridgehead atoms. The molecule has 0 spiro atoms.